The van der Waals surface area contributed by atoms with Crippen LogP contribution in [0.4, 0.5) is 8.78 Å². The first-order valence-corrected chi connectivity index (χ1v) is 5.61. The summed E-state index contributed by atoms with van der Waals surface area (Å²) in [5.41, 5.74) is 0. The van der Waals surface area contributed by atoms with Crippen molar-refractivity contribution in [2.24, 2.45) is 5.92 Å². The van der Waals surface area contributed by atoms with Crippen LogP contribution in [0.3, 0.4) is 0 Å². The molecule has 0 spiro atoms. The molecule has 0 aromatic carbocycles. The summed E-state index contributed by atoms with van der Waals surface area (Å²) in [6.45, 7) is 0.274. The van der Waals surface area contributed by atoms with E-state index in [0.717, 1.165) is 3.57 Å². The normalized spacial score (nSPS) is 19.7. The fraction of sp³-hybridized carbons (Fsp3) is 0.556. The van der Waals surface area contributed by atoms with Gasteiger partial charge in [-0.1, -0.05) is 0 Å². The third kappa shape index (κ3) is 2.96. The number of ether oxygens (including phenoxy) is 1. The minimum atomic E-state index is -2.49. The zero-order valence-corrected chi connectivity index (χ0v) is 9.95. The zero-order valence-electron chi connectivity index (χ0n) is 7.79. The standard InChI is InChI=1S/C9H9F2IN2O/c10-9(11)1-6(2-9)5-15-8-13-3-7(12)4-14-8/h3-4,6H,1-2,5H2. The molecule has 0 aliphatic heterocycles. The SMILES string of the molecule is FC1(F)CC(COc2ncc(I)cn2)C1. The maximum Gasteiger partial charge on any atom is 0.316 e. The summed E-state index contributed by atoms with van der Waals surface area (Å²) in [5, 5.41) is 0. The Morgan fingerprint density at radius 2 is 2.00 bits per heavy atom. The summed E-state index contributed by atoms with van der Waals surface area (Å²) in [6.07, 6.45) is 3.07. The van der Waals surface area contributed by atoms with Gasteiger partial charge >= 0.3 is 6.01 Å². The number of aromatic nitrogens is 2. The van der Waals surface area contributed by atoms with Gasteiger partial charge in [0.05, 0.1) is 6.61 Å². The van der Waals surface area contributed by atoms with Crippen molar-refractivity contribution >= 4 is 22.6 Å². The molecule has 6 heteroatoms. The molecule has 2 rings (SSSR count). The molecular formula is C9H9F2IN2O. The van der Waals surface area contributed by atoms with Crippen molar-refractivity contribution in [1.82, 2.24) is 9.97 Å². The molecule has 0 N–H and O–H groups in total. The highest BCUT2D eigenvalue weighted by Crippen LogP contribution is 2.42. The van der Waals surface area contributed by atoms with E-state index in [0.29, 0.717) is 0 Å². The molecule has 0 amide bonds. The van der Waals surface area contributed by atoms with Crippen LogP contribution in [0.2, 0.25) is 0 Å². The van der Waals surface area contributed by atoms with Crippen molar-refractivity contribution in [1.29, 1.82) is 0 Å². The minimum Gasteiger partial charge on any atom is -0.463 e. The van der Waals surface area contributed by atoms with Crippen LogP contribution in [-0.4, -0.2) is 22.5 Å². The number of nitrogens with zero attached hydrogens (tertiary/aromatic N) is 2. The fourth-order valence-electron chi connectivity index (χ4n) is 1.47. The van der Waals surface area contributed by atoms with Gasteiger partial charge in [0.25, 0.3) is 0 Å². The van der Waals surface area contributed by atoms with Crippen LogP contribution in [-0.2, 0) is 0 Å². The highest BCUT2D eigenvalue weighted by molar-refractivity contribution is 14.1. The van der Waals surface area contributed by atoms with E-state index in [1.54, 1.807) is 12.4 Å². The minimum absolute atomic E-state index is 0.0668. The van der Waals surface area contributed by atoms with E-state index in [2.05, 4.69) is 32.6 Å². The van der Waals surface area contributed by atoms with Crippen LogP contribution in [0.5, 0.6) is 6.01 Å². The van der Waals surface area contributed by atoms with E-state index in [1.807, 2.05) is 0 Å². The van der Waals surface area contributed by atoms with Crippen LogP contribution < -0.4 is 4.74 Å². The highest BCUT2D eigenvalue weighted by Gasteiger charge is 2.45. The lowest BCUT2D eigenvalue weighted by Gasteiger charge is -2.34. The first-order valence-electron chi connectivity index (χ1n) is 4.53. The highest BCUT2D eigenvalue weighted by atomic mass is 127. The van der Waals surface area contributed by atoms with Crippen molar-refractivity contribution in [3.63, 3.8) is 0 Å². The summed E-state index contributed by atoms with van der Waals surface area (Å²) >= 11 is 2.08. The monoisotopic (exact) mass is 326 g/mol. The average molecular weight is 326 g/mol. The van der Waals surface area contributed by atoms with Gasteiger partial charge in [0.15, 0.2) is 0 Å². The molecular weight excluding hydrogens is 317 g/mol. The number of hydrogen-bond acceptors (Lipinski definition) is 3. The van der Waals surface area contributed by atoms with Gasteiger partial charge in [-0.3, -0.25) is 0 Å². The maximum atomic E-state index is 12.5. The van der Waals surface area contributed by atoms with Gasteiger partial charge < -0.3 is 4.74 Å². The van der Waals surface area contributed by atoms with Gasteiger partial charge in [0.2, 0.25) is 5.92 Å². The molecule has 1 aliphatic carbocycles. The Hall–Kier alpha value is -0.530. The first kappa shape index (κ1) is 11.0. The molecule has 3 nitrogen and oxygen atoms in total. The van der Waals surface area contributed by atoms with E-state index < -0.39 is 5.92 Å². The summed E-state index contributed by atoms with van der Waals surface area (Å²) in [5.74, 6) is -2.55. The van der Waals surface area contributed by atoms with E-state index in [-0.39, 0.29) is 31.4 Å². The summed E-state index contributed by atoms with van der Waals surface area (Å²) in [7, 11) is 0. The third-order valence-electron chi connectivity index (χ3n) is 2.22. The van der Waals surface area contributed by atoms with Gasteiger partial charge in [-0.05, 0) is 22.6 Å². The molecule has 0 bridgehead atoms. The molecule has 1 aromatic rings. The fourth-order valence-corrected chi connectivity index (χ4v) is 1.75. The Labute approximate surface area is 99.4 Å². The molecule has 1 aromatic heterocycles. The van der Waals surface area contributed by atoms with Crippen LogP contribution >= 0.6 is 22.6 Å². The molecule has 1 saturated carbocycles. The average Bonchev–Trinajstić information content (AvgIpc) is 2.14. The Morgan fingerprint density at radius 3 is 2.53 bits per heavy atom. The van der Waals surface area contributed by atoms with Crippen molar-refractivity contribution in [2.45, 2.75) is 18.8 Å². The van der Waals surface area contributed by atoms with Gasteiger partial charge in [-0.25, -0.2) is 18.7 Å². The van der Waals surface area contributed by atoms with E-state index in [1.165, 1.54) is 0 Å². The van der Waals surface area contributed by atoms with Gasteiger partial charge in [0, 0.05) is 34.7 Å². The molecule has 1 heterocycles. The Morgan fingerprint density at radius 1 is 1.40 bits per heavy atom. The van der Waals surface area contributed by atoms with Crippen LogP contribution in [0, 0.1) is 9.49 Å². The Bertz CT molecular complexity index is 336. The van der Waals surface area contributed by atoms with Gasteiger partial charge in [-0.15, -0.1) is 0 Å². The number of halogens is 3. The molecule has 82 valence electrons. The molecule has 0 atom stereocenters. The number of rotatable bonds is 3. The second-order valence-electron chi connectivity index (χ2n) is 3.63. The molecule has 0 saturated heterocycles. The molecule has 1 fully saturated rings. The first-order chi connectivity index (χ1) is 7.05. The summed E-state index contributed by atoms with van der Waals surface area (Å²) in [4.78, 5) is 7.83. The zero-order chi connectivity index (χ0) is 10.9. The van der Waals surface area contributed by atoms with Crippen molar-refractivity contribution in [2.75, 3.05) is 6.61 Å². The smallest absolute Gasteiger partial charge is 0.316 e. The molecule has 0 radical (unpaired) electrons. The van der Waals surface area contributed by atoms with E-state index >= 15 is 0 Å². The Kier molecular flexibility index (Phi) is 3.03. The summed E-state index contributed by atoms with van der Waals surface area (Å²) < 4.78 is 31.1. The second-order valence-corrected chi connectivity index (χ2v) is 4.87. The summed E-state index contributed by atoms with van der Waals surface area (Å²) in [6, 6.07) is 0.255. The van der Waals surface area contributed by atoms with E-state index in [4.69, 9.17) is 4.74 Å². The topological polar surface area (TPSA) is 35.0 Å². The number of alkyl halides is 2. The predicted octanol–water partition coefficient (Wildman–Crippen LogP) is 2.51. The van der Waals surface area contributed by atoms with Crippen molar-refractivity contribution in [3.8, 4) is 6.01 Å². The lowest BCUT2D eigenvalue weighted by atomic mass is 9.82. The maximum absolute atomic E-state index is 12.5. The second kappa shape index (κ2) is 4.15. The van der Waals surface area contributed by atoms with Crippen molar-refractivity contribution < 1.29 is 13.5 Å². The van der Waals surface area contributed by atoms with Crippen LogP contribution in [0.25, 0.3) is 0 Å². The third-order valence-corrected chi connectivity index (χ3v) is 2.78. The Balaban J connectivity index is 1.77. The van der Waals surface area contributed by atoms with Crippen molar-refractivity contribution in [3.05, 3.63) is 16.0 Å². The predicted molar refractivity (Wildman–Crippen MR) is 57.9 cm³/mol. The van der Waals surface area contributed by atoms with Crippen LogP contribution in [0.1, 0.15) is 12.8 Å². The van der Waals surface area contributed by atoms with Gasteiger partial charge in [-0.2, -0.15) is 0 Å². The number of hydrogen-bond donors (Lipinski definition) is 0. The largest absolute Gasteiger partial charge is 0.463 e. The van der Waals surface area contributed by atoms with Crippen LogP contribution in [0.15, 0.2) is 12.4 Å². The lowest BCUT2D eigenvalue weighted by Crippen LogP contribution is -2.38. The molecule has 15 heavy (non-hydrogen) atoms. The molecule has 1 aliphatic rings. The quantitative estimate of drug-likeness (QED) is 0.801. The lowest BCUT2D eigenvalue weighted by molar-refractivity contribution is -0.119. The van der Waals surface area contributed by atoms with Gasteiger partial charge in [0.1, 0.15) is 0 Å². The van der Waals surface area contributed by atoms with E-state index in [9.17, 15) is 8.78 Å². The molecule has 0 unspecified atom stereocenters.